The molecule has 0 spiro atoms. The third-order valence-electron chi connectivity index (χ3n) is 3.97. The summed E-state index contributed by atoms with van der Waals surface area (Å²) in [6, 6.07) is 8.93. The Kier molecular flexibility index (Phi) is 4.18. The summed E-state index contributed by atoms with van der Waals surface area (Å²) in [6.07, 6.45) is 5.36. The second kappa shape index (κ2) is 5.34. The molecule has 1 aromatic carbocycles. The molecule has 2 rings (SSSR count). The first kappa shape index (κ1) is 14.1. The third-order valence-corrected chi connectivity index (χ3v) is 4.50. The summed E-state index contributed by atoms with van der Waals surface area (Å²) in [5, 5.41) is 3.71. The minimum absolute atomic E-state index is 0.199. The van der Waals surface area contributed by atoms with Gasteiger partial charge in [0.2, 0.25) is 0 Å². The van der Waals surface area contributed by atoms with Gasteiger partial charge in [0.15, 0.2) is 0 Å². The maximum Gasteiger partial charge on any atom is 0.0175 e. The normalized spacial score (nSPS) is 19.1. The fraction of sp³-hybridized carbons (Fsp3) is 0.625. The lowest BCUT2D eigenvalue weighted by Gasteiger charge is -2.34. The molecule has 0 radical (unpaired) electrons. The van der Waals surface area contributed by atoms with Gasteiger partial charge in [0.05, 0.1) is 0 Å². The standard InChI is InChI=1S/C16H24BrN/c1-15(2,3)18-12-16(10-4-5-11-16)13-6-8-14(17)9-7-13/h6-9,18H,4-5,10-12H2,1-3H3. The van der Waals surface area contributed by atoms with E-state index in [-0.39, 0.29) is 5.54 Å². The summed E-state index contributed by atoms with van der Waals surface area (Å²) in [5.41, 5.74) is 2.05. The molecular weight excluding hydrogens is 286 g/mol. The largest absolute Gasteiger partial charge is 0.311 e. The maximum absolute atomic E-state index is 3.71. The molecule has 0 amide bonds. The Balaban J connectivity index is 2.19. The summed E-state index contributed by atoms with van der Waals surface area (Å²) in [6.45, 7) is 7.84. The summed E-state index contributed by atoms with van der Waals surface area (Å²) < 4.78 is 1.17. The second-order valence-electron chi connectivity index (χ2n) is 6.60. The molecule has 0 saturated heterocycles. The molecule has 1 N–H and O–H groups in total. The van der Waals surface area contributed by atoms with Crippen molar-refractivity contribution >= 4 is 15.9 Å². The quantitative estimate of drug-likeness (QED) is 0.857. The van der Waals surface area contributed by atoms with Gasteiger partial charge in [0.1, 0.15) is 0 Å². The van der Waals surface area contributed by atoms with Crippen LogP contribution in [0.25, 0.3) is 0 Å². The zero-order chi connectivity index (χ0) is 13.2. The smallest absolute Gasteiger partial charge is 0.0175 e. The Bertz CT molecular complexity index is 383. The number of benzene rings is 1. The van der Waals surface area contributed by atoms with E-state index < -0.39 is 0 Å². The molecule has 1 aliphatic rings. The Morgan fingerprint density at radius 3 is 2.17 bits per heavy atom. The van der Waals surface area contributed by atoms with Gasteiger partial charge >= 0.3 is 0 Å². The molecule has 18 heavy (non-hydrogen) atoms. The highest BCUT2D eigenvalue weighted by Crippen LogP contribution is 2.41. The van der Waals surface area contributed by atoms with Gasteiger partial charge in [0, 0.05) is 22.0 Å². The summed E-state index contributed by atoms with van der Waals surface area (Å²) in [4.78, 5) is 0. The molecule has 100 valence electrons. The van der Waals surface area contributed by atoms with E-state index in [2.05, 4.69) is 66.3 Å². The first-order valence-electron chi connectivity index (χ1n) is 6.92. The molecule has 1 saturated carbocycles. The van der Waals surface area contributed by atoms with Crippen molar-refractivity contribution in [3.05, 3.63) is 34.3 Å². The summed E-state index contributed by atoms with van der Waals surface area (Å²) >= 11 is 3.53. The van der Waals surface area contributed by atoms with E-state index in [1.165, 1.54) is 35.7 Å². The number of hydrogen-bond donors (Lipinski definition) is 1. The van der Waals surface area contributed by atoms with Crippen molar-refractivity contribution in [3.63, 3.8) is 0 Å². The Morgan fingerprint density at radius 2 is 1.67 bits per heavy atom. The third kappa shape index (κ3) is 3.36. The summed E-state index contributed by atoms with van der Waals surface area (Å²) in [7, 11) is 0. The zero-order valence-electron chi connectivity index (χ0n) is 11.7. The fourth-order valence-electron chi connectivity index (χ4n) is 2.86. The van der Waals surface area contributed by atoms with Gasteiger partial charge in [0.25, 0.3) is 0 Å². The predicted octanol–water partition coefficient (Wildman–Crippen LogP) is 4.65. The highest BCUT2D eigenvalue weighted by Gasteiger charge is 2.36. The topological polar surface area (TPSA) is 12.0 Å². The van der Waals surface area contributed by atoms with Crippen molar-refractivity contribution in [1.29, 1.82) is 0 Å². The molecule has 1 aliphatic carbocycles. The van der Waals surface area contributed by atoms with Crippen LogP contribution in [0.2, 0.25) is 0 Å². The van der Waals surface area contributed by atoms with Crippen LogP contribution in [-0.2, 0) is 5.41 Å². The van der Waals surface area contributed by atoms with Gasteiger partial charge in [-0.1, -0.05) is 40.9 Å². The highest BCUT2D eigenvalue weighted by molar-refractivity contribution is 9.10. The first-order valence-corrected chi connectivity index (χ1v) is 7.72. The highest BCUT2D eigenvalue weighted by atomic mass is 79.9. The van der Waals surface area contributed by atoms with Crippen molar-refractivity contribution in [1.82, 2.24) is 5.32 Å². The molecule has 0 aliphatic heterocycles. The molecule has 1 nitrogen and oxygen atoms in total. The van der Waals surface area contributed by atoms with Crippen molar-refractivity contribution < 1.29 is 0 Å². The molecule has 2 heteroatoms. The van der Waals surface area contributed by atoms with E-state index in [0.29, 0.717) is 5.41 Å². The van der Waals surface area contributed by atoms with E-state index in [1.54, 1.807) is 0 Å². The van der Waals surface area contributed by atoms with Gasteiger partial charge in [-0.25, -0.2) is 0 Å². The Labute approximate surface area is 119 Å². The lowest BCUT2D eigenvalue weighted by atomic mass is 9.78. The minimum atomic E-state index is 0.199. The number of halogens is 1. The molecule has 0 bridgehead atoms. The van der Waals surface area contributed by atoms with Gasteiger partial charge in [-0.15, -0.1) is 0 Å². The minimum Gasteiger partial charge on any atom is -0.311 e. The van der Waals surface area contributed by atoms with Crippen LogP contribution in [0.5, 0.6) is 0 Å². The lowest BCUT2D eigenvalue weighted by Crippen LogP contribution is -2.45. The number of nitrogens with one attached hydrogen (secondary N) is 1. The summed E-state index contributed by atoms with van der Waals surface area (Å²) in [5.74, 6) is 0. The van der Waals surface area contributed by atoms with E-state index in [1.807, 2.05) is 0 Å². The van der Waals surface area contributed by atoms with Crippen molar-refractivity contribution in [3.8, 4) is 0 Å². The first-order chi connectivity index (χ1) is 8.41. The molecule has 0 atom stereocenters. The van der Waals surface area contributed by atoms with Crippen LogP contribution < -0.4 is 5.32 Å². The van der Waals surface area contributed by atoms with Crippen LogP contribution in [0.15, 0.2) is 28.7 Å². The average molecular weight is 310 g/mol. The van der Waals surface area contributed by atoms with Crippen molar-refractivity contribution in [2.24, 2.45) is 0 Å². The maximum atomic E-state index is 3.71. The molecule has 0 aromatic heterocycles. The second-order valence-corrected chi connectivity index (χ2v) is 7.51. The van der Waals surface area contributed by atoms with Crippen molar-refractivity contribution in [2.75, 3.05) is 6.54 Å². The monoisotopic (exact) mass is 309 g/mol. The number of hydrogen-bond acceptors (Lipinski definition) is 1. The van der Waals surface area contributed by atoms with E-state index in [0.717, 1.165) is 6.54 Å². The van der Waals surface area contributed by atoms with Crippen molar-refractivity contribution in [2.45, 2.75) is 57.4 Å². The average Bonchev–Trinajstić information content (AvgIpc) is 2.76. The van der Waals surface area contributed by atoms with E-state index in [4.69, 9.17) is 0 Å². The van der Waals surface area contributed by atoms with Gasteiger partial charge < -0.3 is 5.32 Å². The number of rotatable bonds is 3. The Morgan fingerprint density at radius 1 is 1.11 bits per heavy atom. The van der Waals surface area contributed by atoms with Crippen LogP contribution in [0.3, 0.4) is 0 Å². The van der Waals surface area contributed by atoms with Crippen LogP contribution in [0.1, 0.15) is 52.0 Å². The predicted molar refractivity (Wildman–Crippen MR) is 82.0 cm³/mol. The van der Waals surface area contributed by atoms with Crippen LogP contribution >= 0.6 is 15.9 Å². The molecular formula is C16H24BrN. The fourth-order valence-corrected chi connectivity index (χ4v) is 3.12. The molecule has 1 fully saturated rings. The Hall–Kier alpha value is -0.340. The van der Waals surface area contributed by atoms with Crippen LogP contribution in [0, 0.1) is 0 Å². The zero-order valence-corrected chi connectivity index (χ0v) is 13.3. The molecule has 1 aromatic rings. The van der Waals surface area contributed by atoms with Gasteiger partial charge in [-0.2, -0.15) is 0 Å². The van der Waals surface area contributed by atoms with Crippen LogP contribution in [-0.4, -0.2) is 12.1 Å². The van der Waals surface area contributed by atoms with Gasteiger partial charge in [-0.05, 0) is 51.3 Å². The van der Waals surface area contributed by atoms with Gasteiger partial charge in [-0.3, -0.25) is 0 Å². The molecule has 0 unspecified atom stereocenters. The van der Waals surface area contributed by atoms with E-state index in [9.17, 15) is 0 Å². The van der Waals surface area contributed by atoms with E-state index >= 15 is 0 Å². The van der Waals surface area contributed by atoms with Crippen LogP contribution in [0.4, 0.5) is 0 Å². The molecule has 0 heterocycles. The SMILES string of the molecule is CC(C)(C)NCC1(c2ccc(Br)cc2)CCCC1. The lowest BCUT2D eigenvalue weighted by molar-refractivity contribution is 0.333.